The lowest BCUT2D eigenvalue weighted by Crippen LogP contribution is -2.31. The van der Waals surface area contributed by atoms with Crippen molar-refractivity contribution in [2.45, 2.75) is 32.9 Å². The lowest BCUT2D eigenvalue weighted by atomic mass is 10.1. The number of aromatic nitrogens is 4. The van der Waals surface area contributed by atoms with Crippen LogP contribution >= 0.6 is 0 Å². The summed E-state index contributed by atoms with van der Waals surface area (Å²) in [5.41, 5.74) is 2.15. The molecule has 28 heavy (non-hydrogen) atoms. The first kappa shape index (κ1) is 19.6. The van der Waals surface area contributed by atoms with Crippen LogP contribution < -0.4 is 16.6 Å². The molecule has 1 aromatic carbocycles. The highest BCUT2D eigenvalue weighted by Crippen LogP contribution is 2.23. The highest BCUT2D eigenvalue weighted by molar-refractivity contribution is 5.81. The van der Waals surface area contributed by atoms with E-state index < -0.39 is 23.3 Å². The number of nitrogens with zero attached hydrogens (tertiary/aromatic N) is 3. The van der Waals surface area contributed by atoms with Crippen LogP contribution in [0, 0.1) is 13.8 Å². The van der Waals surface area contributed by atoms with Gasteiger partial charge in [0.1, 0.15) is 0 Å². The fourth-order valence-electron chi connectivity index (χ4n) is 2.95. The Morgan fingerprint density at radius 3 is 2.64 bits per heavy atom. The number of hydrogen-bond acceptors (Lipinski definition) is 7. The molecule has 0 saturated carbocycles. The third-order valence-electron chi connectivity index (χ3n) is 4.62. The molecule has 3 rings (SSSR count). The van der Waals surface area contributed by atoms with Crippen molar-refractivity contribution in [1.29, 1.82) is 0 Å². The van der Waals surface area contributed by atoms with Gasteiger partial charge in [0.25, 0.3) is 5.56 Å². The summed E-state index contributed by atoms with van der Waals surface area (Å²) in [6.07, 6.45) is -1.35. The van der Waals surface area contributed by atoms with Gasteiger partial charge in [-0.2, -0.15) is 4.98 Å². The van der Waals surface area contributed by atoms with Crippen molar-refractivity contribution >= 4 is 17.0 Å². The van der Waals surface area contributed by atoms with Crippen molar-refractivity contribution in [3.8, 4) is 11.5 Å². The number of aryl methyl sites for hydroxylation is 2. The second-order valence-electron chi connectivity index (χ2n) is 6.62. The van der Waals surface area contributed by atoms with E-state index in [1.807, 2.05) is 26.0 Å². The minimum atomic E-state index is -1.42. The van der Waals surface area contributed by atoms with Crippen molar-refractivity contribution in [1.82, 2.24) is 24.8 Å². The van der Waals surface area contributed by atoms with Gasteiger partial charge in [-0.1, -0.05) is 0 Å². The molecule has 10 heteroatoms. The molecule has 0 aromatic heterocycles. The Bertz CT molecular complexity index is 1120. The van der Waals surface area contributed by atoms with E-state index in [2.05, 4.69) is 20.3 Å². The topological polar surface area (TPSA) is 150 Å². The van der Waals surface area contributed by atoms with Crippen LogP contribution in [-0.4, -0.2) is 54.9 Å². The van der Waals surface area contributed by atoms with Crippen molar-refractivity contribution in [3.05, 3.63) is 44.1 Å². The van der Waals surface area contributed by atoms with E-state index in [-0.39, 0.29) is 17.9 Å². The van der Waals surface area contributed by atoms with E-state index in [0.29, 0.717) is 25.2 Å². The summed E-state index contributed by atoms with van der Waals surface area (Å²) in [4.78, 5) is 45.0. The summed E-state index contributed by atoms with van der Waals surface area (Å²) < 4.78 is 1.75. The predicted molar refractivity (Wildman–Crippen MR) is 102 cm³/mol. The number of carboxylic acids is 1. The average molecular weight is 387 g/mol. The van der Waals surface area contributed by atoms with Crippen LogP contribution in [0.4, 0.5) is 0 Å². The highest BCUT2D eigenvalue weighted by Gasteiger charge is 2.19. The molecule has 1 aromatic rings. The number of carboxylic acid groups (broad SMARTS) is 1. The zero-order chi connectivity index (χ0) is 20.4. The Morgan fingerprint density at radius 2 is 1.93 bits per heavy atom. The zero-order valence-electron chi connectivity index (χ0n) is 15.5. The molecule has 0 saturated heterocycles. The smallest absolute Gasteiger partial charge is 0.349 e. The van der Waals surface area contributed by atoms with Crippen LogP contribution in [0.2, 0.25) is 0 Å². The molecule has 4 N–H and O–H groups in total. The van der Waals surface area contributed by atoms with Gasteiger partial charge in [0.15, 0.2) is 17.6 Å². The summed E-state index contributed by atoms with van der Waals surface area (Å²) in [7, 11) is 0. The molecule has 2 heterocycles. The van der Waals surface area contributed by atoms with Gasteiger partial charge in [0, 0.05) is 13.1 Å². The summed E-state index contributed by atoms with van der Waals surface area (Å²) >= 11 is 0. The normalized spacial score (nSPS) is 12.5. The zero-order valence-corrected chi connectivity index (χ0v) is 15.5. The number of fused-ring (bicyclic) bond motifs is 2. The van der Waals surface area contributed by atoms with E-state index in [9.17, 15) is 19.5 Å². The highest BCUT2D eigenvalue weighted by atomic mass is 16.4. The molecular formula is C18H21N5O5. The number of aromatic amines is 1. The number of aliphatic hydroxyl groups is 1. The molecule has 2 aliphatic heterocycles. The number of aliphatic hydroxyl groups excluding tert-OH is 1. The molecule has 1 atom stereocenters. The third-order valence-corrected chi connectivity index (χ3v) is 4.62. The molecule has 148 valence electrons. The molecule has 10 nitrogen and oxygen atoms in total. The molecule has 0 radical (unpaired) electrons. The lowest BCUT2D eigenvalue weighted by Gasteiger charge is -2.18. The molecule has 0 amide bonds. The maximum absolute atomic E-state index is 12.2. The molecule has 0 aliphatic carbocycles. The molecule has 0 spiro atoms. The first-order valence-electron chi connectivity index (χ1n) is 8.81. The number of rotatable bonds is 7. The average Bonchev–Trinajstić information content (AvgIpc) is 2.62. The second kappa shape index (κ2) is 7.87. The van der Waals surface area contributed by atoms with E-state index in [0.717, 1.165) is 16.6 Å². The number of carbonyl (C=O) groups is 1. The largest absolute Gasteiger partial charge is 0.479 e. The first-order valence-corrected chi connectivity index (χ1v) is 8.81. The molecule has 2 aliphatic rings. The minimum absolute atomic E-state index is 0.0682. The van der Waals surface area contributed by atoms with Crippen molar-refractivity contribution in [2.75, 3.05) is 13.1 Å². The predicted octanol–water partition coefficient (Wildman–Crippen LogP) is -0.373. The van der Waals surface area contributed by atoms with Crippen LogP contribution in [0.5, 0.6) is 0 Å². The maximum Gasteiger partial charge on any atom is 0.349 e. The van der Waals surface area contributed by atoms with Gasteiger partial charge >= 0.3 is 11.7 Å². The van der Waals surface area contributed by atoms with E-state index in [1.165, 1.54) is 0 Å². The SMILES string of the molecule is Cc1cc2nc3c(=O)[nH]c(=O)nc-3n(CCNCC[C@H](O)C(=O)O)c2cc1C. The van der Waals surface area contributed by atoms with Gasteiger partial charge in [-0.3, -0.25) is 9.78 Å². The summed E-state index contributed by atoms with van der Waals surface area (Å²) in [6.45, 7) is 4.99. The first-order chi connectivity index (χ1) is 13.3. The Hall–Kier alpha value is -3.11. The Balaban J connectivity index is 1.96. The van der Waals surface area contributed by atoms with Crippen molar-refractivity contribution in [3.63, 3.8) is 0 Å². The van der Waals surface area contributed by atoms with Crippen LogP contribution in [0.15, 0.2) is 21.7 Å². The minimum Gasteiger partial charge on any atom is -0.479 e. The van der Waals surface area contributed by atoms with Gasteiger partial charge in [0.05, 0.1) is 11.0 Å². The standard InChI is InChI=1S/C18H21N5O5/c1-9-7-11-12(8-10(9)2)23(6-5-19-4-3-13(24)17(26)27)15-14(20-11)16(25)22-18(28)21-15/h7-8,13,19,24H,3-6H2,1-2H3,(H,26,27)(H,22,25,28)/t13-/m0/s1. The van der Waals surface area contributed by atoms with Gasteiger partial charge in [-0.05, 0) is 50.1 Å². The number of nitrogens with one attached hydrogen (secondary N) is 2. The lowest BCUT2D eigenvalue weighted by molar-refractivity contribution is -0.146. The molecule has 0 unspecified atom stereocenters. The number of hydrogen-bond donors (Lipinski definition) is 4. The Labute approximate surface area is 159 Å². The van der Waals surface area contributed by atoms with Crippen LogP contribution in [-0.2, 0) is 11.3 Å². The van der Waals surface area contributed by atoms with E-state index in [4.69, 9.17) is 5.11 Å². The summed E-state index contributed by atoms with van der Waals surface area (Å²) in [5, 5.41) is 21.0. The van der Waals surface area contributed by atoms with Gasteiger partial charge < -0.3 is 20.1 Å². The Kier molecular flexibility index (Phi) is 5.52. The maximum atomic E-state index is 12.2. The number of benzene rings is 1. The van der Waals surface area contributed by atoms with E-state index >= 15 is 0 Å². The van der Waals surface area contributed by atoms with E-state index in [1.54, 1.807) is 4.57 Å². The van der Waals surface area contributed by atoms with Crippen LogP contribution in [0.3, 0.4) is 0 Å². The van der Waals surface area contributed by atoms with Gasteiger partial charge in [-0.25, -0.2) is 14.6 Å². The van der Waals surface area contributed by atoms with Gasteiger partial charge in [0.2, 0.25) is 0 Å². The summed E-state index contributed by atoms with van der Waals surface area (Å²) in [5.74, 6) is -1.07. The van der Waals surface area contributed by atoms with Crippen molar-refractivity contribution in [2.24, 2.45) is 0 Å². The summed E-state index contributed by atoms with van der Waals surface area (Å²) in [6, 6.07) is 3.81. The third kappa shape index (κ3) is 3.92. The molecule has 0 bridgehead atoms. The van der Waals surface area contributed by atoms with Gasteiger partial charge in [-0.15, -0.1) is 0 Å². The Morgan fingerprint density at radius 1 is 1.21 bits per heavy atom. The number of H-pyrrole nitrogens is 1. The number of aliphatic carboxylic acids is 1. The fraction of sp³-hybridized carbons (Fsp3) is 0.389. The fourth-order valence-corrected chi connectivity index (χ4v) is 2.95. The van der Waals surface area contributed by atoms with Crippen LogP contribution in [0.1, 0.15) is 17.5 Å². The monoisotopic (exact) mass is 387 g/mol. The quantitative estimate of drug-likeness (QED) is 0.317. The van der Waals surface area contributed by atoms with Crippen molar-refractivity contribution < 1.29 is 15.0 Å². The second-order valence-corrected chi connectivity index (χ2v) is 6.62. The molecule has 0 fully saturated rings. The van der Waals surface area contributed by atoms with Crippen LogP contribution in [0.25, 0.3) is 22.6 Å². The molecular weight excluding hydrogens is 366 g/mol.